The van der Waals surface area contributed by atoms with Crippen molar-refractivity contribution in [2.75, 3.05) is 26.2 Å². The molecular formula is C31H38ClF2N3O4S. The van der Waals surface area contributed by atoms with Crippen molar-refractivity contribution in [3.05, 3.63) is 64.7 Å². The number of rotatable bonds is 6. The number of likely N-dealkylation sites (tertiary alicyclic amines) is 2. The monoisotopic (exact) mass is 621 g/mol. The molecule has 1 saturated carbocycles. The van der Waals surface area contributed by atoms with E-state index < -0.39 is 45.4 Å². The molecule has 0 spiro atoms. The first-order chi connectivity index (χ1) is 20.2. The number of halogens is 3. The van der Waals surface area contributed by atoms with E-state index in [1.807, 2.05) is 0 Å². The zero-order chi connectivity index (χ0) is 29.5. The molecule has 6 rings (SSSR count). The van der Waals surface area contributed by atoms with E-state index in [-0.39, 0.29) is 9.92 Å². The summed E-state index contributed by atoms with van der Waals surface area (Å²) in [7, 11) is -4.29. The number of amides is 1. The fourth-order valence-corrected chi connectivity index (χ4v) is 9.62. The molecule has 3 saturated heterocycles. The normalized spacial score (nSPS) is 25.7. The molecule has 3 heterocycles. The van der Waals surface area contributed by atoms with Gasteiger partial charge in [-0.15, -0.1) is 0 Å². The summed E-state index contributed by atoms with van der Waals surface area (Å²) in [5, 5.41) is -0.226. The topological polar surface area (TPSA) is 70.2 Å². The van der Waals surface area contributed by atoms with Crippen molar-refractivity contribution in [3.8, 4) is 0 Å². The van der Waals surface area contributed by atoms with E-state index in [0.717, 1.165) is 38.1 Å². The van der Waals surface area contributed by atoms with Crippen LogP contribution >= 0.6 is 11.6 Å². The highest BCUT2D eigenvalue weighted by Gasteiger charge is 2.60. The molecule has 0 bridgehead atoms. The minimum Gasteiger partial charge on any atom is -0.441 e. The average molecular weight is 622 g/mol. The molecule has 0 unspecified atom stereocenters. The summed E-state index contributed by atoms with van der Waals surface area (Å²) in [4.78, 5) is 17.6. The van der Waals surface area contributed by atoms with Crippen molar-refractivity contribution in [1.29, 1.82) is 0 Å². The van der Waals surface area contributed by atoms with Crippen LogP contribution in [0.25, 0.3) is 0 Å². The third-order valence-electron chi connectivity index (χ3n) is 9.52. The molecule has 2 aromatic carbocycles. The summed E-state index contributed by atoms with van der Waals surface area (Å²) < 4.78 is 64.5. The highest BCUT2D eigenvalue weighted by Crippen LogP contribution is 2.53. The summed E-state index contributed by atoms with van der Waals surface area (Å²) in [5.41, 5.74) is -0.463. The number of ether oxygens (including phenoxy) is 1. The second-order valence-electron chi connectivity index (χ2n) is 12.2. The predicted molar refractivity (Wildman–Crippen MR) is 156 cm³/mol. The Balaban J connectivity index is 1.26. The number of nitrogens with zero attached hydrogens (tertiary/aromatic N) is 3. The van der Waals surface area contributed by atoms with Crippen molar-refractivity contribution in [3.63, 3.8) is 0 Å². The predicted octanol–water partition coefficient (Wildman–Crippen LogP) is 6.52. The molecule has 4 aliphatic rings. The van der Waals surface area contributed by atoms with Crippen LogP contribution < -0.4 is 0 Å². The van der Waals surface area contributed by atoms with Crippen LogP contribution in [-0.2, 0) is 14.8 Å². The molecule has 3 aliphatic heterocycles. The molecule has 0 N–H and O–H groups in total. The van der Waals surface area contributed by atoms with Gasteiger partial charge in [0, 0.05) is 19.1 Å². The Labute approximate surface area is 251 Å². The van der Waals surface area contributed by atoms with E-state index in [1.54, 1.807) is 17.0 Å². The lowest BCUT2D eigenvalue weighted by molar-refractivity contribution is -0.0144. The van der Waals surface area contributed by atoms with E-state index in [0.29, 0.717) is 56.8 Å². The van der Waals surface area contributed by atoms with Crippen molar-refractivity contribution < 1.29 is 26.7 Å². The molecule has 2 atom stereocenters. The van der Waals surface area contributed by atoms with Gasteiger partial charge in [0.05, 0.1) is 17.1 Å². The first-order valence-corrected chi connectivity index (χ1v) is 17.0. The lowest BCUT2D eigenvalue weighted by Crippen LogP contribution is -2.55. The maximum atomic E-state index is 14.3. The van der Waals surface area contributed by atoms with Gasteiger partial charge in [0.2, 0.25) is 10.0 Å². The van der Waals surface area contributed by atoms with Crippen molar-refractivity contribution in [2.45, 2.75) is 92.8 Å². The average Bonchev–Trinajstić information content (AvgIpc) is 3.77. The molecule has 0 aromatic heterocycles. The molecule has 0 radical (unpaired) electrons. The summed E-state index contributed by atoms with van der Waals surface area (Å²) in [6, 6.07) is 8.27. The fraction of sp³-hybridized carbons (Fsp3) is 0.581. The molecule has 7 nitrogen and oxygen atoms in total. The summed E-state index contributed by atoms with van der Waals surface area (Å²) in [6.45, 7) is 3.46. The Hall–Kier alpha value is -2.27. The zero-order valence-electron chi connectivity index (χ0n) is 23.7. The van der Waals surface area contributed by atoms with E-state index >= 15 is 0 Å². The standard InChI is InChI=1S/C31H38ClF2N3O4S/c32-26-21-24(34)10-11-28(26)42(39,40)37-27(22-6-4-7-23(33)20-22)8-5-9-29(37)31(14-15-31)41-30(38)36-18-12-25(13-19-36)35-16-2-1-3-17-35/h4,6-7,10-11,20-21,25,27,29H,1-3,5,8-9,12-19H2/t27-,29+/m0/s1. The van der Waals surface area contributed by atoms with E-state index in [9.17, 15) is 22.0 Å². The zero-order valence-corrected chi connectivity index (χ0v) is 25.3. The van der Waals surface area contributed by atoms with Gasteiger partial charge in [0.15, 0.2) is 0 Å². The summed E-state index contributed by atoms with van der Waals surface area (Å²) in [5.74, 6) is -1.11. The Morgan fingerprint density at radius 1 is 0.881 bits per heavy atom. The minimum absolute atomic E-state index is 0.221. The number of piperidine rings is 3. The first-order valence-electron chi connectivity index (χ1n) is 15.1. The van der Waals surface area contributed by atoms with Crippen LogP contribution in [0.4, 0.5) is 13.6 Å². The fourth-order valence-electron chi connectivity index (χ4n) is 7.19. The van der Waals surface area contributed by atoms with Crippen LogP contribution in [0, 0.1) is 11.6 Å². The third-order valence-corrected chi connectivity index (χ3v) is 11.9. The van der Waals surface area contributed by atoms with Gasteiger partial charge in [-0.25, -0.2) is 22.0 Å². The molecule has 1 aliphatic carbocycles. The summed E-state index contributed by atoms with van der Waals surface area (Å²) in [6.07, 6.45) is 7.82. The van der Waals surface area contributed by atoms with Gasteiger partial charge in [0.1, 0.15) is 22.1 Å². The Morgan fingerprint density at radius 3 is 2.26 bits per heavy atom. The third kappa shape index (κ3) is 5.92. The Kier molecular flexibility index (Phi) is 8.52. The van der Waals surface area contributed by atoms with Crippen LogP contribution in [0.15, 0.2) is 47.4 Å². The number of carbonyl (C=O) groups excluding carboxylic acids is 1. The molecule has 42 heavy (non-hydrogen) atoms. The minimum atomic E-state index is -4.29. The quantitative estimate of drug-likeness (QED) is 0.367. The Morgan fingerprint density at radius 2 is 1.60 bits per heavy atom. The van der Waals surface area contributed by atoms with Crippen molar-refractivity contribution >= 4 is 27.7 Å². The van der Waals surface area contributed by atoms with E-state index in [1.165, 1.54) is 41.8 Å². The highest BCUT2D eigenvalue weighted by molar-refractivity contribution is 7.89. The molecule has 4 fully saturated rings. The second kappa shape index (κ2) is 12.0. The lowest BCUT2D eigenvalue weighted by atomic mass is 9.90. The molecule has 1 amide bonds. The second-order valence-corrected chi connectivity index (χ2v) is 14.4. The van der Waals surface area contributed by atoms with Gasteiger partial charge in [-0.05, 0) is 107 Å². The molecule has 2 aromatic rings. The van der Waals surface area contributed by atoms with Crippen molar-refractivity contribution in [2.24, 2.45) is 0 Å². The van der Waals surface area contributed by atoms with Crippen LogP contribution in [0.2, 0.25) is 5.02 Å². The van der Waals surface area contributed by atoms with Crippen LogP contribution in [0.5, 0.6) is 0 Å². The Bertz CT molecular complexity index is 1410. The van der Waals surface area contributed by atoms with Gasteiger partial charge in [0.25, 0.3) is 0 Å². The van der Waals surface area contributed by atoms with Gasteiger partial charge in [-0.3, -0.25) is 0 Å². The van der Waals surface area contributed by atoms with Gasteiger partial charge < -0.3 is 14.5 Å². The number of carbonyl (C=O) groups is 1. The lowest BCUT2D eigenvalue weighted by Gasteiger charge is -2.45. The molecule has 11 heteroatoms. The number of hydrogen-bond acceptors (Lipinski definition) is 5. The number of benzene rings is 2. The van der Waals surface area contributed by atoms with Crippen LogP contribution in [0.1, 0.15) is 75.8 Å². The number of sulfonamides is 1. The number of hydrogen-bond donors (Lipinski definition) is 0. The highest BCUT2D eigenvalue weighted by atomic mass is 35.5. The van der Waals surface area contributed by atoms with Crippen molar-refractivity contribution in [1.82, 2.24) is 14.1 Å². The largest absolute Gasteiger partial charge is 0.441 e. The van der Waals surface area contributed by atoms with Crippen LogP contribution in [-0.4, -0.2) is 72.5 Å². The summed E-state index contributed by atoms with van der Waals surface area (Å²) >= 11 is 6.28. The van der Waals surface area contributed by atoms with Gasteiger partial charge in [-0.1, -0.05) is 30.2 Å². The van der Waals surface area contributed by atoms with Gasteiger partial charge >= 0.3 is 6.09 Å². The SMILES string of the molecule is O=C(OC1([C@H]2CCC[C@@H](c3cccc(F)c3)N2S(=O)(=O)c2ccc(F)cc2Cl)CC1)N1CCC(N2CCCCC2)CC1. The molecule has 228 valence electrons. The maximum Gasteiger partial charge on any atom is 0.410 e. The smallest absolute Gasteiger partial charge is 0.410 e. The van der Waals surface area contributed by atoms with E-state index in [4.69, 9.17) is 16.3 Å². The van der Waals surface area contributed by atoms with Crippen LogP contribution in [0.3, 0.4) is 0 Å². The first kappa shape index (κ1) is 29.8. The maximum absolute atomic E-state index is 14.3. The van der Waals surface area contributed by atoms with Gasteiger partial charge in [-0.2, -0.15) is 4.31 Å². The molecular weight excluding hydrogens is 584 g/mol. The van der Waals surface area contributed by atoms with E-state index in [2.05, 4.69) is 4.90 Å².